The van der Waals surface area contributed by atoms with Crippen LogP contribution in [0.25, 0.3) is 0 Å². The van der Waals surface area contributed by atoms with Gasteiger partial charge in [0.25, 0.3) is 5.91 Å². The number of aromatic carboxylic acids is 1. The molecule has 9 nitrogen and oxygen atoms in total. The molecule has 1 saturated heterocycles. The predicted molar refractivity (Wildman–Crippen MR) is 112 cm³/mol. The number of carbonyl (C=O) groups is 4. The van der Waals surface area contributed by atoms with Gasteiger partial charge in [-0.3, -0.25) is 14.5 Å². The van der Waals surface area contributed by atoms with Crippen LogP contribution < -0.4 is 15.4 Å². The predicted octanol–water partition coefficient (Wildman–Crippen LogP) is 2.50. The minimum absolute atomic E-state index is 0.00710. The number of hydrogen-bond acceptors (Lipinski definition) is 5. The first-order valence-electron chi connectivity index (χ1n) is 9.64. The minimum Gasteiger partial charge on any atom is -0.496 e. The molecule has 1 atom stereocenters. The van der Waals surface area contributed by atoms with Crippen LogP contribution in [0.15, 0.2) is 42.5 Å². The van der Waals surface area contributed by atoms with Crippen molar-refractivity contribution in [2.75, 3.05) is 19.0 Å². The maximum Gasteiger partial charge on any atom is 0.335 e. The normalized spacial score (nSPS) is 18.0. The molecule has 1 heterocycles. The van der Waals surface area contributed by atoms with Gasteiger partial charge in [-0.05, 0) is 54.8 Å². The highest BCUT2D eigenvalue weighted by Crippen LogP contribution is 2.34. The van der Waals surface area contributed by atoms with E-state index in [1.54, 1.807) is 32.2 Å². The number of aryl methyl sites for hydroxylation is 1. The summed E-state index contributed by atoms with van der Waals surface area (Å²) in [6, 6.07) is 10.2. The van der Waals surface area contributed by atoms with Crippen LogP contribution >= 0.6 is 0 Å². The Hall–Kier alpha value is -3.88. The second-order valence-corrected chi connectivity index (χ2v) is 7.20. The van der Waals surface area contributed by atoms with Gasteiger partial charge in [-0.1, -0.05) is 19.1 Å². The van der Waals surface area contributed by atoms with Crippen molar-refractivity contribution in [3.63, 3.8) is 0 Å². The summed E-state index contributed by atoms with van der Waals surface area (Å²) in [4.78, 5) is 50.2. The lowest BCUT2D eigenvalue weighted by Crippen LogP contribution is -2.44. The van der Waals surface area contributed by atoms with Gasteiger partial charge in [0.15, 0.2) is 0 Å². The highest BCUT2D eigenvalue weighted by molar-refractivity contribution is 6.10. The number of methoxy groups -OCH3 is 1. The average Bonchev–Trinajstić information content (AvgIpc) is 2.98. The van der Waals surface area contributed by atoms with E-state index in [0.29, 0.717) is 17.7 Å². The molecule has 31 heavy (non-hydrogen) atoms. The fourth-order valence-electron chi connectivity index (χ4n) is 3.63. The molecule has 1 unspecified atom stereocenters. The molecular weight excluding hydrogens is 402 g/mol. The highest BCUT2D eigenvalue weighted by atomic mass is 16.5. The maximum absolute atomic E-state index is 13.2. The average molecular weight is 425 g/mol. The number of nitrogens with zero attached hydrogens (tertiary/aromatic N) is 1. The van der Waals surface area contributed by atoms with E-state index in [-0.39, 0.29) is 11.3 Å². The Morgan fingerprint density at radius 3 is 2.55 bits per heavy atom. The molecule has 1 aliphatic rings. The van der Waals surface area contributed by atoms with E-state index in [0.717, 1.165) is 10.5 Å². The molecule has 0 saturated carbocycles. The van der Waals surface area contributed by atoms with Gasteiger partial charge >= 0.3 is 12.0 Å². The lowest BCUT2D eigenvalue weighted by Gasteiger charge is -2.26. The Morgan fingerprint density at radius 1 is 1.19 bits per heavy atom. The number of benzene rings is 2. The second-order valence-electron chi connectivity index (χ2n) is 7.20. The summed E-state index contributed by atoms with van der Waals surface area (Å²) >= 11 is 0. The number of rotatable bonds is 7. The first-order valence-corrected chi connectivity index (χ1v) is 9.64. The summed E-state index contributed by atoms with van der Waals surface area (Å²) < 4.78 is 5.26. The Kier molecular flexibility index (Phi) is 5.96. The number of carbonyl (C=O) groups excluding carboxylic acids is 3. The molecule has 3 N–H and O–H groups in total. The van der Waals surface area contributed by atoms with Crippen LogP contribution in [0.1, 0.15) is 34.8 Å². The van der Waals surface area contributed by atoms with Crippen molar-refractivity contribution in [3.8, 4) is 5.75 Å². The lowest BCUT2D eigenvalue weighted by atomic mass is 9.86. The molecule has 0 aromatic heterocycles. The second kappa shape index (κ2) is 8.47. The zero-order chi connectivity index (χ0) is 22.8. The van der Waals surface area contributed by atoms with Gasteiger partial charge in [-0.15, -0.1) is 0 Å². The summed E-state index contributed by atoms with van der Waals surface area (Å²) in [7, 11) is 1.55. The summed E-state index contributed by atoms with van der Waals surface area (Å²) in [5.74, 6) is -1.62. The third-order valence-corrected chi connectivity index (χ3v) is 5.29. The molecule has 0 radical (unpaired) electrons. The van der Waals surface area contributed by atoms with Gasteiger partial charge in [0.2, 0.25) is 5.91 Å². The molecule has 4 amide bonds. The van der Waals surface area contributed by atoms with Gasteiger partial charge in [0.05, 0.1) is 12.7 Å². The zero-order valence-electron chi connectivity index (χ0n) is 17.4. The SMILES string of the molecule is CCC1(c2ccc(OC)c(C)c2)NC(=O)N(CC(=O)Nc2cccc(C(=O)O)c2)C1=O. The lowest BCUT2D eigenvalue weighted by molar-refractivity contribution is -0.134. The zero-order valence-corrected chi connectivity index (χ0v) is 17.4. The number of carboxylic acid groups (broad SMARTS) is 1. The van der Waals surface area contributed by atoms with Crippen LogP contribution in [-0.2, 0) is 15.1 Å². The summed E-state index contributed by atoms with van der Waals surface area (Å²) in [5, 5.41) is 14.3. The van der Waals surface area contributed by atoms with Gasteiger partial charge in [-0.25, -0.2) is 9.59 Å². The van der Waals surface area contributed by atoms with E-state index in [4.69, 9.17) is 9.84 Å². The molecule has 0 aliphatic carbocycles. The van der Waals surface area contributed by atoms with Crippen LogP contribution in [0.3, 0.4) is 0 Å². The Morgan fingerprint density at radius 2 is 1.94 bits per heavy atom. The maximum atomic E-state index is 13.2. The van der Waals surface area contributed by atoms with Crippen molar-refractivity contribution in [3.05, 3.63) is 59.2 Å². The third-order valence-electron chi connectivity index (χ3n) is 5.29. The number of hydrogen-bond donors (Lipinski definition) is 3. The molecule has 0 spiro atoms. The van der Waals surface area contributed by atoms with Crippen LogP contribution in [0.4, 0.5) is 10.5 Å². The minimum atomic E-state index is -1.28. The van der Waals surface area contributed by atoms with Crippen LogP contribution in [-0.4, -0.2) is 47.5 Å². The van der Waals surface area contributed by atoms with Crippen LogP contribution in [0.5, 0.6) is 5.75 Å². The number of ether oxygens (including phenoxy) is 1. The van der Waals surface area contributed by atoms with Gasteiger partial charge in [-0.2, -0.15) is 0 Å². The van der Waals surface area contributed by atoms with E-state index in [2.05, 4.69) is 10.6 Å². The first-order chi connectivity index (χ1) is 14.7. The Balaban J connectivity index is 1.80. The largest absolute Gasteiger partial charge is 0.496 e. The van der Waals surface area contributed by atoms with Crippen LogP contribution in [0.2, 0.25) is 0 Å². The monoisotopic (exact) mass is 425 g/mol. The smallest absolute Gasteiger partial charge is 0.335 e. The van der Waals surface area contributed by atoms with E-state index >= 15 is 0 Å². The van der Waals surface area contributed by atoms with Crippen molar-refractivity contribution < 1.29 is 29.0 Å². The number of imide groups is 1. The Labute approximate surface area is 179 Å². The standard InChI is InChI=1S/C22H23N3O6/c1-4-22(15-8-9-17(31-3)13(2)10-15)20(29)25(21(30)24-22)12-18(26)23-16-7-5-6-14(11-16)19(27)28/h5-11H,4,12H2,1-3H3,(H,23,26)(H,24,30)(H,27,28). The number of anilines is 1. The van der Waals surface area contributed by atoms with Crippen molar-refractivity contribution in [1.29, 1.82) is 0 Å². The van der Waals surface area contributed by atoms with E-state index in [1.807, 2.05) is 6.92 Å². The summed E-state index contributed by atoms with van der Waals surface area (Å²) in [6.45, 7) is 3.11. The fraction of sp³-hybridized carbons (Fsp3) is 0.273. The molecule has 0 bridgehead atoms. The van der Waals surface area contributed by atoms with Crippen LogP contribution in [0, 0.1) is 6.92 Å². The molecular formula is C22H23N3O6. The van der Waals surface area contributed by atoms with Gasteiger partial charge in [0.1, 0.15) is 17.8 Å². The van der Waals surface area contributed by atoms with Crippen molar-refractivity contribution in [1.82, 2.24) is 10.2 Å². The van der Waals surface area contributed by atoms with Crippen molar-refractivity contribution in [2.24, 2.45) is 0 Å². The molecule has 1 aliphatic heterocycles. The first kappa shape index (κ1) is 21.8. The van der Waals surface area contributed by atoms with E-state index in [9.17, 15) is 19.2 Å². The fourth-order valence-corrected chi connectivity index (χ4v) is 3.63. The van der Waals surface area contributed by atoms with E-state index < -0.39 is 35.9 Å². The number of urea groups is 1. The van der Waals surface area contributed by atoms with Gasteiger partial charge in [0, 0.05) is 5.69 Å². The molecule has 162 valence electrons. The van der Waals surface area contributed by atoms with Crippen molar-refractivity contribution in [2.45, 2.75) is 25.8 Å². The van der Waals surface area contributed by atoms with E-state index in [1.165, 1.54) is 24.3 Å². The quantitative estimate of drug-likeness (QED) is 0.586. The topological polar surface area (TPSA) is 125 Å². The van der Waals surface area contributed by atoms with Crippen molar-refractivity contribution >= 4 is 29.5 Å². The highest BCUT2D eigenvalue weighted by Gasteiger charge is 2.51. The number of amides is 4. The molecule has 3 rings (SSSR count). The Bertz CT molecular complexity index is 1070. The molecule has 9 heteroatoms. The molecule has 2 aromatic rings. The summed E-state index contributed by atoms with van der Waals surface area (Å²) in [6.07, 6.45) is 0.294. The summed E-state index contributed by atoms with van der Waals surface area (Å²) in [5.41, 5.74) is 0.391. The van der Waals surface area contributed by atoms with Gasteiger partial charge < -0.3 is 20.5 Å². The number of carboxylic acids is 1. The third kappa shape index (κ3) is 4.07. The number of nitrogens with one attached hydrogen (secondary N) is 2. The molecule has 2 aromatic carbocycles. The molecule has 1 fully saturated rings.